The molecule has 4 nitrogen and oxygen atoms in total. The molecule has 0 amide bonds. The second-order valence-electron chi connectivity index (χ2n) is 7.77. The van der Waals surface area contributed by atoms with E-state index < -0.39 is 0 Å². The molecule has 1 aliphatic heterocycles. The molecule has 3 rings (SSSR count). The van der Waals surface area contributed by atoms with Crippen LogP contribution in [0.1, 0.15) is 38.8 Å². The highest BCUT2D eigenvalue weighted by Crippen LogP contribution is 2.34. The summed E-state index contributed by atoms with van der Waals surface area (Å²) >= 11 is 0. The van der Waals surface area contributed by atoms with Crippen LogP contribution in [0.15, 0.2) is 73.3 Å². The summed E-state index contributed by atoms with van der Waals surface area (Å²) in [6.07, 6.45) is 8.48. The van der Waals surface area contributed by atoms with Crippen LogP contribution in [0, 0.1) is 0 Å². The quantitative estimate of drug-likeness (QED) is 0.794. The first kappa shape index (κ1) is 17.9. The predicted octanol–water partition coefficient (Wildman–Crippen LogP) is 4.58. The molecule has 26 heavy (non-hydrogen) atoms. The van der Waals surface area contributed by atoms with Crippen molar-refractivity contribution in [2.45, 2.75) is 38.8 Å². The van der Waals surface area contributed by atoms with Crippen molar-refractivity contribution < 1.29 is 0 Å². The summed E-state index contributed by atoms with van der Waals surface area (Å²) in [6, 6.07) is 16.1. The van der Waals surface area contributed by atoms with Gasteiger partial charge in [0.1, 0.15) is 0 Å². The smallest absolute Gasteiger partial charge is 0.0636 e. The molecule has 0 fully saturated rings. The maximum Gasteiger partial charge on any atom is 0.0636 e. The summed E-state index contributed by atoms with van der Waals surface area (Å²) in [5.41, 5.74) is 15.3. The van der Waals surface area contributed by atoms with E-state index in [1.54, 1.807) is 0 Å². The highest BCUT2D eigenvalue weighted by molar-refractivity contribution is 5.42. The third-order valence-electron chi connectivity index (χ3n) is 5.30. The van der Waals surface area contributed by atoms with Gasteiger partial charge in [0.25, 0.3) is 0 Å². The van der Waals surface area contributed by atoms with E-state index in [0.717, 1.165) is 11.4 Å². The minimum atomic E-state index is -0.169. The van der Waals surface area contributed by atoms with Crippen LogP contribution in [0.5, 0.6) is 0 Å². The van der Waals surface area contributed by atoms with Gasteiger partial charge in [0, 0.05) is 36.2 Å². The molecule has 2 aromatic carbocycles. The van der Waals surface area contributed by atoms with Gasteiger partial charge in [-0.2, -0.15) is 0 Å². The van der Waals surface area contributed by atoms with Crippen molar-refractivity contribution in [2.75, 3.05) is 11.5 Å². The fourth-order valence-corrected chi connectivity index (χ4v) is 3.21. The highest BCUT2D eigenvalue weighted by atomic mass is 15.2. The van der Waals surface area contributed by atoms with Crippen LogP contribution in [-0.4, -0.2) is 9.80 Å². The number of hydrogen-bond acceptors (Lipinski definition) is 4. The number of nitrogen functional groups attached to an aromatic ring is 2. The van der Waals surface area contributed by atoms with Crippen molar-refractivity contribution in [2.24, 2.45) is 0 Å². The van der Waals surface area contributed by atoms with Gasteiger partial charge in [0.05, 0.1) is 11.1 Å². The van der Waals surface area contributed by atoms with Crippen molar-refractivity contribution in [1.29, 1.82) is 0 Å². The minimum absolute atomic E-state index is 0.169. The topological polar surface area (TPSA) is 58.5 Å². The molecule has 2 aromatic rings. The standard InChI is InChI=1S/C22H28N4/c1-21(2,17-5-9-19(23)10-6-17)25-13-15-26(16-14-25)22(3,4)18-7-11-20(24)12-8-18/h5-16H,23-24H2,1-4H3. The molecular weight excluding hydrogens is 320 g/mol. The average molecular weight is 348 g/mol. The van der Waals surface area contributed by atoms with Crippen LogP contribution in [-0.2, 0) is 11.1 Å². The van der Waals surface area contributed by atoms with E-state index in [1.165, 1.54) is 11.1 Å². The Morgan fingerprint density at radius 1 is 0.538 bits per heavy atom. The monoisotopic (exact) mass is 348 g/mol. The van der Waals surface area contributed by atoms with Gasteiger partial charge in [-0.05, 0) is 63.1 Å². The van der Waals surface area contributed by atoms with E-state index in [1.807, 2.05) is 24.3 Å². The Hall–Kier alpha value is -2.88. The first-order valence-electron chi connectivity index (χ1n) is 8.87. The molecule has 4 heteroatoms. The number of hydrogen-bond donors (Lipinski definition) is 2. The molecule has 0 atom stereocenters. The van der Waals surface area contributed by atoms with Gasteiger partial charge in [-0.3, -0.25) is 0 Å². The molecule has 0 spiro atoms. The third kappa shape index (κ3) is 3.27. The Morgan fingerprint density at radius 2 is 0.808 bits per heavy atom. The highest BCUT2D eigenvalue weighted by Gasteiger charge is 2.30. The molecule has 0 saturated heterocycles. The summed E-state index contributed by atoms with van der Waals surface area (Å²) in [7, 11) is 0. The minimum Gasteiger partial charge on any atom is -0.399 e. The van der Waals surface area contributed by atoms with Crippen molar-refractivity contribution in [3.05, 3.63) is 84.5 Å². The summed E-state index contributed by atoms with van der Waals surface area (Å²) in [5, 5.41) is 0. The van der Waals surface area contributed by atoms with Crippen molar-refractivity contribution in [3.63, 3.8) is 0 Å². The molecular formula is C22H28N4. The normalized spacial score (nSPS) is 14.8. The molecule has 0 radical (unpaired) electrons. The van der Waals surface area contributed by atoms with Gasteiger partial charge in [-0.15, -0.1) is 0 Å². The van der Waals surface area contributed by atoms with Gasteiger partial charge in [-0.1, -0.05) is 24.3 Å². The molecule has 0 bridgehead atoms. The molecule has 1 heterocycles. The SMILES string of the molecule is CC(C)(c1ccc(N)cc1)N1C=CN(C(C)(C)c2ccc(N)cc2)C=C1. The van der Waals surface area contributed by atoms with Crippen molar-refractivity contribution in [3.8, 4) is 0 Å². The van der Waals surface area contributed by atoms with Gasteiger partial charge in [-0.25, -0.2) is 0 Å². The largest absolute Gasteiger partial charge is 0.399 e. The van der Waals surface area contributed by atoms with E-state index in [9.17, 15) is 0 Å². The lowest BCUT2D eigenvalue weighted by Crippen LogP contribution is -2.40. The predicted molar refractivity (Wildman–Crippen MR) is 110 cm³/mol. The van der Waals surface area contributed by atoms with E-state index >= 15 is 0 Å². The fraction of sp³-hybridized carbons (Fsp3) is 0.273. The maximum atomic E-state index is 5.82. The molecule has 0 aromatic heterocycles. The molecule has 1 aliphatic rings. The zero-order chi connectivity index (χ0) is 18.9. The average Bonchev–Trinajstić information content (AvgIpc) is 2.62. The molecule has 0 aliphatic carbocycles. The van der Waals surface area contributed by atoms with Crippen molar-refractivity contribution in [1.82, 2.24) is 9.80 Å². The lowest BCUT2D eigenvalue weighted by molar-refractivity contribution is 0.204. The number of nitrogens with zero attached hydrogens (tertiary/aromatic N) is 2. The van der Waals surface area contributed by atoms with Crippen LogP contribution < -0.4 is 11.5 Å². The summed E-state index contributed by atoms with van der Waals surface area (Å²) in [4.78, 5) is 4.43. The number of anilines is 2. The van der Waals surface area contributed by atoms with E-state index in [-0.39, 0.29) is 11.1 Å². The number of rotatable bonds is 4. The molecule has 0 unspecified atom stereocenters. The Bertz CT molecular complexity index is 731. The second kappa shape index (κ2) is 6.45. The first-order chi connectivity index (χ1) is 12.2. The Labute approximate surface area is 156 Å². The second-order valence-corrected chi connectivity index (χ2v) is 7.77. The fourth-order valence-electron chi connectivity index (χ4n) is 3.21. The van der Waals surface area contributed by atoms with Crippen molar-refractivity contribution >= 4 is 11.4 Å². The number of benzene rings is 2. The Morgan fingerprint density at radius 3 is 1.08 bits per heavy atom. The molecule has 0 saturated carbocycles. The Kier molecular flexibility index (Phi) is 4.45. The van der Waals surface area contributed by atoms with Crippen LogP contribution in [0.4, 0.5) is 11.4 Å². The molecule has 136 valence electrons. The van der Waals surface area contributed by atoms with Gasteiger partial charge < -0.3 is 21.3 Å². The van der Waals surface area contributed by atoms with Crippen LogP contribution in [0.25, 0.3) is 0 Å². The lowest BCUT2D eigenvalue weighted by atomic mass is 9.91. The zero-order valence-corrected chi connectivity index (χ0v) is 16.0. The lowest BCUT2D eigenvalue weighted by Gasteiger charge is -2.42. The van der Waals surface area contributed by atoms with E-state index in [0.29, 0.717) is 0 Å². The summed E-state index contributed by atoms with van der Waals surface area (Å²) < 4.78 is 0. The van der Waals surface area contributed by atoms with Gasteiger partial charge >= 0.3 is 0 Å². The summed E-state index contributed by atoms with van der Waals surface area (Å²) in [6.45, 7) is 8.81. The first-order valence-corrected chi connectivity index (χ1v) is 8.87. The third-order valence-corrected chi connectivity index (χ3v) is 5.30. The van der Waals surface area contributed by atoms with E-state index in [4.69, 9.17) is 11.5 Å². The summed E-state index contributed by atoms with van der Waals surface area (Å²) in [5.74, 6) is 0. The van der Waals surface area contributed by atoms with Crippen LogP contribution in [0.3, 0.4) is 0 Å². The zero-order valence-electron chi connectivity index (χ0n) is 16.0. The van der Waals surface area contributed by atoms with Gasteiger partial charge in [0.2, 0.25) is 0 Å². The maximum absolute atomic E-state index is 5.82. The number of nitrogens with two attached hydrogens (primary N) is 2. The van der Waals surface area contributed by atoms with Crippen LogP contribution in [0.2, 0.25) is 0 Å². The van der Waals surface area contributed by atoms with E-state index in [2.05, 4.69) is 86.6 Å². The van der Waals surface area contributed by atoms with Crippen LogP contribution >= 0.6 is 0 Å². The Balaban J connectivity index is 1.80. The molecule has 4 N–H and O–H groups in total. The van der Waals surface area contributed by atoms with Gasteiger partial charge in [0.15, 0.2) is 0 Å².